The van der Waals surface area contributed by atoms with Crippen molar-refractivity contribution in [1.82, 2.24) is 20.2 Å². The molecule has 2 N–H and O–H groups in total. The molecule has 1 aromatic heterocycles. The molecule has 2 aromatic rings. The van der Waals surface area contributed by atoms with Gasteiger partial charge in [-0.15, -0.1) is 0 Å². The van der Waals surface area contributed by atoms with Gasteiger partial charge in [0, 0.05) is 30.5 Å². The first-order valence-corrected chi connectivity index (χ1v) is 9.25. The number of nitrogens with zero attached hydrogens (tertiary/aromatic N) is 2. The fourth-order valence-electron chi connectivity index (χ4n) is 4.00. The van der Waals surface area contributed by atoms with Crippen molar-refractivity contribution in [3.63, 3.8) is 0 Å². The standard InChI is InChI=1S/C19H27ClN4/c1-3-23-19(15-8-4-5-9-16(15)20)11-7-6-10-17(19)22-14-18-21-12-13-24(18)2/h4-5,8-9,12-13,17,22-23H,3,6-7,10-11,14H2,1-2H3. The second-order valence-electron chi connectivity index (χ2n) is 6.62. The first-order valence-electron chi connectivity index (χ1n) is 8.87. The lowest BCUT2D eigenvalue weighted by atomic mass is 9.72. The van der Waals surface area contributed by atoms with Crippen LogP contribution in [0.4, 0.5) is 0 Å². The van der Waals surface area contributed by atoms with Crippen molar-refractivity contribution in [2.24, 2.45) is 7.05 Å². The molecule has 24 heavy (non-hydrogen) atoms. The summed E-state index contributed by atoms with van der Waals surface area (Å²) in [5, 5.41) is 8.39. The molecule has 0 aliphatic heterocycles. The fraction of sp³-hybridized carbons (Fsp3) is 0.526. The summed E-state index contributed by atoms with van der Waals surface area (Å²) >= 11 is 6.59. The lowest BCUT2D eigenvalue weighted by molar-refractivity contribution is 0.167. The number of nitrogens with one attached hydrogen (secondary N) is 2. The Morgan fingerprint density at radius 2 is 2.17 bits per heavy atom. The van der Waals surface area contributed by atoms with E-state index in [-0.39, 0.29) is 5.54 Å². The van der Waals surface area contributed by atoms with Gasteiger partial charge in [-0.25, -0.2) is 4.98 Å². The molecule has 0 bridgehead atoms. The smallest absolute Gasteiger partial charge is 0.122 e. The van der Waals surface area contributed by atoms with E-state index in [0.717, 1.165) is 36.8 Å². The molecule has 1 aromatic carbocycles. The highest BCUT2D eigenvalue weighted by molar-refractivity contribution is 6.31. The van der Waals surface area contributed by atoms with Crippen LogP contribution in [0.15, 0.2) is 36.7 Å². The van der Waals surface area contributed by atoms with Crippen LogP contribution < -0.4 is 10.6 Å². The molecule has 4 nitrogen and oxygen atoms in total. The van der Waals surface area contributed by atoms with Crippen LogP contribution in [0.25, 0.3) is 0 Å². The van der Waals surface area contributed by atoms with E-state index in [2.05, 4.69) is 39.2 Å². The Balaban J connectivity index is 1.89. The highest BCUT2D eigenvalue weighted by atomic mass is 35.5. The molecule has 2 atom stereocenters. The Morgan fingerprint density at radius 3 is 2.88 bits per heavy atom. The molecule has 0 spiro atoms. The van der Waals surface area contributed by atoms with Gasteiger partial charge in [0.2, 0.25) is 0 Å². The Hall–Kier alpha value is -1.36. The molecule has 3 rings (SSSR count). The van der Waals surface area contributed by atoms with Crippen LogP contribution in [-0.4, -0.2) is 22.1 Å². The third kappa shape index (κ3) is 3.37. The molecule has 2 unspecified atom stereocenters. The molecule has 1 aliphatic carbocycles. The zero-order valence-corrected chi connectivity index (χ0v) is 15.3. The summed E-state index contributed by atoms with van der Waals surface area (Å²) in [5.74, 6) is 1.06. The zero-order chi connectivity index (χ0) is 17.0. The number of hydrogen-bond acceptors (Lipinski definition) is 3. The van der Waals surface area contributed by atoms with Crippen molar-refractivity contribution >= 4 is 11.6 Å². The third-order valence-electron chi connectivity index (χ3n) is 5.18. The van der Waals surface area contributed by atoms with Gasteiger partial charge in [0.15, 0.2) is 0 Å². The Labute approximate surface area is 149 Å². The van der Waals surface area contributed by atoms with Crippen LogP contribution in [0.2, 0.25) is 5.02 Å². The summed E-state index contributed by atoms with van der Waals surface area (Å²) in [5.41, 5.74) is 1.10. The van der Waals surface area contributed by atoms with E-state index in [1.54, 1.807) is 0 Å². The normalized spacial score (nSPS) is 24.2. The number of likely N-dealkylation sites (N-methyl/N-ethyl adjacent to an activating group) is 1. The monoisotopic (exact) mass is 346 g/mol. The van der Waals surface area contributed by atoms with Gasteiger partial charge >= 0.3 is 0 Å². The number of hydrogen-bond donors (Lipinski definition) is 2. The SMILES string of the molecule is CCNC1(c2ccccc2Cl)CCCCC1NCc1nccn1C. The zero-order valence-electron chi connectivity index (χ0n) is 14.6. The average Bonchev–Trinajstić information content (AvgIpc) is 3.00. The maximum Gasteiger partial charge on any atom is 0.122 e. The summed E-state index contributed by atoms with van der Waals surface area (Å²) in [7, 11) is 2.04. The maximum absolute atomic E-state index is 6.59. The van der Waals surface area contributed by atoms with Gasteiger partial charge in [-0.3, -0.25) is 0 Å². The van der Waals surface area contributed by atoms with Gasteiger partial charge in [0.05, 0.1) is 12.1 Å². The molecule has 1 heterocycles. The Morgan fingerprint density at radius 1 is 1.33 bits per heavy atom. The van der Waals surface area contributed by atoms with Crippen LogP contribution in [0.3, 0.4) is 0 Å². The number of benzene rings is 1. The van der Waals surface area contributed by atoms with Crippen LogP contribution in [0.1, 0.15) is 44.0 Å². The molecule has 1 fully saturated rings. The van der Waals surface area contributed by atoms with Gasteiger partial charge < -0.3 is 15.2 Å². The van der Waals surface area contributed by atoms with Crippen LogP contribution >= 0.6 is 11.6 Å². The quantitative estimate of drug-likeness (QED) is 0.839. The molecule has 0 amide bonds. The number of aromatic nitrogens is 2. The highest BCUT2D eigenvalue weighted by Gasteiger charge is 2.42. The van der Waals surface area contributed by atoms with Gasteiger partial charge in [-0.1, -0.05) is 49.6 Å². The topological polar surface area (TPSA) is 41.9 Å². The van der Waals surface area contributed by atoms with Crippen LogP contribution in [0, 0.1) is 0 Å². The van der Waals surface area contributed by atoms with E-state index < -0.39 is 0 Å². The van der Waals surface area contributed by atoms with Gasteiger partial charge in [-0.05, 0) is 31.0 Å². The van der Waals surface area contributed by atoms with Crippen LogP contribution in [-0.2, 0) is 19.1 Å². The molecule has 1 saturated carbocycles. The largest absolute Gasteiger partial charge is 0.337 e. The number of rotatable bonds is 6. The molecule has 130 valence electrons. The number of aryl methyl sites for hydroxylation is 1. The van der Waals surface area contributed by atoms with E-state index in [9.17, 15) is 0 Å². The minimum absolute atomic E-state index is 0.115. The lowest BCUT2D eigenvalue weighted by Crippen LogP contribution is -2.58. The Kier molecular flexibility index (Phi) is 5.59. The van der Waals surface area contributed by atoms with E-state index in [4.69, 9.17) is 11.6 Å². The first-order chi connectivity index (χ1) is 11.7. The second kappa shape index (κ2) is 7.68. The summed E-state index contributed by atoms with van der Waals surface area (Å²) in [6.07, 6.45) is 8.55. The van der Waals surface area contributed by atoms with E-state index in [0.29, 0.717) is 6.04 Å². The number of imidazole rings is 1. The summed E-state index contributed by atoms with van der Waals surface area (Å²) in [4.78, 5) is 4.44. The third-order valence-corrected chi connectivity index (χ3v) is 5.51. The van der Waals surface area contributed by atoms with E-state index in [1.807, 2.05) is 31.6 Å². The minimum Gasteiger partial charge on any atom is -0.337 e. The summed E-state index contributed by atoms with van der Waals surface area (Å²) in [6.45, 7) is 3.86. The van der Waals surface area contributed by atoms with E-state index in [1.165, 1.54) is 18.4 Å². The fourth-order valence-corrected chi connectivity index (χ4v) is 4.30. The van der Waals surface area contributed by atoms with Gasteiger partial charge in [-0.2, -0.15) is 0 Å². The lowest BCUT2D eigenvalue weighted by Gasteiger charge is -2.46. The minimum atomic E-state index is -0.115. The van der Waals surface area contributed by atoms with Gasteiger partial charge in [0.25, 0.3) is 0 Å². The van der Waals surface area contributed by atoms with Crippen LogP contribution in [0.5, 0.6) is 0 Å². The summed E-state index contributed by atoms with van der Waals surface area (Å²) in [6, 6.07) is 8.60. The molecule has 0 saturated heterocycles. The molecule has 5 heteroatoms. The molecule has 0 radical (unpaired) electrons. The van der Waals surface area contributed by atoms with E-state index >= 15 is 0 Å². The molecular formula is C19H27ClN4. The first kappa shape index (κ1) is 17.5. The predicted octanol–water partition coefficient (Wildman–Crippen LogP) is 3.61. The highest BCUT2D eigenvalue weighted by Crippen LogP contribution is 2.40. The molecule has 1 aliphatic rings. The Bertz CT molecular complexity index is 665. The van der Waals surface area contributed by atoms with Gasteiger partial charge in [0.1, 0.15) is 5.82 Å². The maximum atomic E-state index is 6.59. The van der Waals surface area contributed by atoms with Crippen molar-refractivity contribution in [2.45, 2.75) is 50.7 Å². The number of halogens is 1. The predicted molar refractivity (Wildman–Crippen MR) is 99.1 cm³/mol. The van der Waals surface area contributed by atoms with Crippen molar-refractivity contribution < 1.29 is 0 Å². The van der Waals surface area contributed by atoms with Crippen molar-refractivity contribution in [3.8, 4) is 0 Å². The average molecular weight is 347 g/mol. The van der Waals surface area contributed by atoms with Crippen molar-refractivity contribution in [3.05, 3.63) is 53.1 Å². The van der Waals surface area contributed by atoms with Crippen molar-refractivity contribution in [1.29, 1.82) is 0 Å². The second-order valence-corrected chi connectivity index (χ2v) is 7.02. The van der Waals surface area contributed by atoms with Crippen molar-refractivity contribution in [2.75, 3.05) is 6.54 Å². The molecular weight excluding hydrogens is 320 g/mol. The summed E-state index contributed by atoms with van der Waals surface area (Å²) < 4.78 is 2.07.